The van der Waals surface area contributed by atoms with E-state index in [1.54, 1.807) is 18.2 Å². The number of nitrogens with zero attached hydrogens (tertiary/aromatic N) is 3. The van der Waals surface area contributed by atoms with E-state index in [0.29, 0.717) is 20.9 Å². The Balaban J connectivity index is 1.66. The third-order valence-corrected chi connectivity index (χ3v) is 4.21. The number of carbonyl (C=O) groups is 1. The molecule has 0 fully saturated rings. The molecular weight excluding hydrogens is 315 g/mol. The van der Waals surface area contributed by atoms with Crippen LogP contribution in [0.15, 0.2) is 48.7 Å². The molecule has 4 rings (SSSR count). The molecule has 0 aliphatic rings. The predicted octanol–water partition coefficient (Wildman–Crippen LogP) is 3.63. The Kier molecular flexibility index (Phi) is 3.20. The Morgan fingerprint density at radius 1 is 1.04 bits per heavy atom. The van der Waals surface area contributed by atoms with Crippen molar-refractivity contribution in [3.8, 4) is 0 Å². The van der Waals surface area contributed by atoms with Crippen molar-refractivity contribution in [1.82, 2.24) is 15.0 Å². The molecule has 0 saturated heterocycles. The Labute approximate surface area is 133 Å². The number of halogens is 1. The molecule has 1 N–H and O–H groups in total. The second kappa shape index (κ2) is 5.36. The van der Waals surface area contributed by atoms with E-state index in [9.17, 15) is 9.18 Å². The quantitative estimate of drug-likeness (QED) is 0.611. The van der Waals surface area contributed by atoms with Gasteiger partial charge < -0.3 is 0 Å². The molecule has 0 atom stereocenters. The average Bonchev–Trinajstić information content (AvgIpc) is 2.98. The van der Waals surface area contributed by atoms with Gasteiger partial charge in [-0.25, -0.2) is 14.4 Å². The molecule has 0 unspecified atom stereocenters. The average molecular weight is 324 g/mol. The zero-order valence-corrected chi connectivity index (χ0v) is 12.5. The third kappa shape index (κ3) is 2.51. The number of hydrogen-bond donors (Lipinski definition) is 1. The van der Waals surface area contributed by atoms with Gasteiger partial charge in [0.15, 0.2) is 5.13 Å². The van der Waals surface area contributed by atoms with Crippen molar-refractivity contribution in [2.24, 2.45) is 0 Å². The van der Waals surface area contributed by atoms with E-state index in [1.807, 2.05) is 18.2 Å². The minimum Gasteiger partial charge on any atom is -0.296 e. The molecule has 2 aromatic carbocycles. The highest BCUT2D eigenvalue weighted by atomic mass is 32.1. The minimum atomic E-state index is -0.428. The van der Waals surface area contributed by atoms with Crippen LogP contribution in [0.3, 0.4) is 0 Å². The number of hydrogen-bond acceptors (Lipinski definition) is 5. The van der Waals surface area contributed by atoms with Crippen molar-refractivity contribution in [3.63, 3.8) is 0 Å². The van der Waals surface area contributed by atoms with Crippen LogP contribution >= 0.6 is 11.3 Å². The van der Waals surface area contributed by atoms with Gasteiger partial charge >= 0.3 is 0 Å². The number of amides is 1. The summed E-state index contributed by atoms with van der Waals surface area (Å²) in [6, 6.07) is 12.0. The minimum absolute atomic E-state index is 0.184. The van der Waals surface area contributed by atoms with Gasteiger partial charge in [0.1, 0.15) is 17.0 Å². The second-order valence-electron chi connectivity index (χ2n) is 4.80. The smallest absolute Gasteiger partial charge is 0.277 e. The van der Waals surface area contributed by atoms with Gasteiger partial charge in [0.25, 0.3) is 5.91 Å². The normalized spacial score (nSPS) is 11.0. The maximum Gasteiger partial charge on any atom is 0.277 e. The molecule has 0 bridgehead atoms. The van der Waals surface area contributed by atoms with Crippen LogP contribution < -0.4 is 5.32 Å². The monoisotopic (exact) mass is 324 g/mol. The van der Waals surface area contributed by atoms with Gasteiger partial charge in [-0.15, -0.1) is 0 Å². The highest BCUT2D eigenvalue weighted by Gasteiger charge is 2.13. The van der Waals surface area contributed by atoms with Gasteiger partial charge in [0, 0.05) is 0 Å². The lowest BCUT2D eigenvalue weighted by atomic mass is 10.3. The number of anilines is 1. The Hall–Kier alpha value is -2.93. The fraction of sp³-hybridized carbons (Fsp3) is 0. The zero-order chi connectivity index (χ0) is 15.8. The first-order valence-corrected chi connectivity index (χ1v) is 7.60. The first-order chi connectivity index (χ1) is 11.2. The number of rotatable bonds is 2. The lowest BCUT2D eigenvalue weighted by Crippen LogP contribution is -2.14. The molecule has 7 heteroatoms. The maximum atomic E-state index is 13.6. The molecule has 0 radical (unpaired) electrons. The van der Waals surface area contributed by atoms with E-state index in [2.05, 4.69) is 20.3 Å². The molecule has 0 aliphatic heterocycles. The highest BCUT2D eigenvalue weighted by Crippen LogP contribution is 2.27. The number of aromatic nitrogens is 3. The summed E-state index contributed by atoms with van der Waals surface area (Å²) in [6.45, 7) is 0. The largest absolute Gasteiger partial charge is 0.296 e. The Bertz CT molecular complexity index is 1050. The van der Waals surface area contributed by atoms with Gasteiger partial charge in [-0.3, -0.25) is 15.1 Å². The molecule has 0 saturated carbocycles. The summed E-state index contributed by atoms with van der Waals surface area (Å²) in [5.74, 6) is -0.840. The van der Waals surface area contributed by atoms with E-state index in [0.717, 1.165) is 0 Å². The van der Waals surface area contributed by atoms with Crippen LogP contribution in [0.5, 0.6) is 0 Å². The van der Waals surface area contributed by atoms with Gasteiger partial charge in [-0.1, -0.05) is 29.5 Å². The Morgan fingerprint density at radius 2 is 1.87 bits per heavy atom. The SMILES string of the molecule is O=C(Nc1nc2c(F)cccc2s1)c1cnc2ccccc2n1. The van der Waals surface area contributed by atoms with Crippen LogP contribution in [-0.2, 0) is 0 Å². The van der Waals surface area contributed by atoms with Crippen molar-refractivity contribution in [2.45, 2.75) is 0 Å². The fourth-order valence-corrected chi connectivity index (χ4v) is 3.07. The molecule has 1 amide bonds. The first-order valence-electron chi connectivity index (χ1n) is 6.79. The summed E-state index contributed by atoms with van der Waals surface area (Å²) in [4.78, 5) is 24.9. The van der Waals surface area contributed by atoms with Gasteiger partial charge in [-0.2, -0.15) is 0 Å². The van der Waals surface area contributed by atoms with Crippen LogP contribution in [0.2, 0.25) is 0 Å². The van der Waals surface area contributed by atoms with Crippen molar-refractivity contribution in [1.29, 1.82) is 0 Å². The molecule has 2 aromatic heterocycles. The maximum absolute atomic E-state index is 13.6. The summed E-state index contributed by atoms with van der Waals surface area (Å²) in [6.07, 6.45) is 1.41. The second-order valence-corrected chi connectivity index (χ2v) is 5.83. The van der Waals surface area contributed by atoms with E-state index in [-0.39, 0.29) is 11.2 Å². The lowest BCUT2D eigenvalue weighted by Gasteiger charge is -2.02. The van der Waals surface area contributed by atoms with E-state index < -0.39 is 11.7 Å². The third-order valence-electron chi connectivity index (χ3n) is 3.27. The van der Waals surface area contributed by atoms with Gasteiger partial charge in [0.05, 0.1) is 21.9 Å². The fourth-order valence-electron chi connectivity index (χ4n) is 2.20. The Morgan fingerprint density at radius 3 is 2.70 bits per heavy atom. The van der Waals surface area contributed by atoms with Gasteiger partial charge in [0.2, 0.25) is 0 Å². The lowest BCUT2D eigenvalue weighted by molar-refractivity contribution is 0.102. The molecule has 112 valence electrons. The molecule has 4 aromatic rings. The molecule has 0 aliphatic carbocycles. The molecular formula is C16H9FN4OS. The number of para-hydroxylation sites is 3. The van der Waals surface area contributed by atoms with Crippen LogP contribution in [-0.4, -0.2) is 20.9 Å². The highest BCUT2D eigenvalue weighted by molar-refractivity contribution is 7.22. The number of thiazole rings is 1. The summed E-state index contributed by atoms with van der Waals surface area (Å²) in [5, 5.41) is 2.96. The predicted molar refractivity (Wildman–Crippen MR) is 87.1 cm³/mol. The van der Waals surface area contributed by atoms with Crippen molar-refractivity contribution >= 4 is 43.6 Å². The van der Waals surface area contributed by atoms with E-state index in [1.165, 1.54) is 23.6 Å². The number of benzene rings is 2. The summed E-state index contributed by atoms with van der Waals surface area (Å²) in [5.41, 5.74) is 1.78. The number of fused-ring (bicyclic) bond motifs is 2. The standard InChI is InChI=1S/C16H9FN4OS/c17-9-4-3-7-13-14(9)20-16(23-13)21-15(22)12-8-18-10-5-1-2-6-11(10)19-12/h1-8H,(H,20,21,22). The van der Waals surface area contributed by atoms with Gasteiger partial charge in [-0.05, 0) is 24.3 Å². The van der Waals surface area contributed by atoms with Crippen molar-refractivity contribution in [2.75, 3.05) is 5.32 Å². The van der Waals surface area contributed by atoms with E-state index >= 15 is 0 Å². The zero-order valence-electron chi connectivity index (χ0n) is 11.7. The molecule has 5 nitrogen and oxygen atoms in total. The molecule has 0 spiro atoms. The first kappa shape index (κ1) is 13.7. The van der Waals surface area contributed by atoms with Crippen LogP contribution in [0.4, 0.5) is 9.52 Å². The molecule has 2 heterocycles. The molecule has 23 heavy (non-hydrogen) atoms. The van der Waals surface area contributed by atoms with Crippen LogP contribution in [0, 0.1) is 5.82 Å². The van der Waals surface area contributed by atoms with Crippen molar-refractivity contribution < 1.29 is 9.18 Å². The summed E-state index contributed by atoms with van der Waals surface area (Å²) in [7, 11) is 0. The number of nitrogens with one attached hydrogen (secondary N) is 1. The van der Waals surface area contributed by atoms with Crippen LogP contribution in [0.1, 0.15) is 10.5 Å². The summed E-state index contributed by atoms with van der Waals surface area (Å²) >= 11 is 1.21. The van der Waals surface area contributed by atoms with Crippen LogP contribution in [0.25, 0.3) is 21.3 Å². The number of carbonyl (C=O) groups excluding carboxylic acids is 1. The van der Waals surface area contributed by atoms with Crippen molar-refractivity contribution in [3.05, 3.63) is 60.2 Å². The van der Waals surface area contributed by atoms with E-state index in [4.69, 9.17) is 0 Å². The summed E-state index contributed by atoms with van der Waals surface area (Å²) < 4.78 is 14.3. The topological polar surface area (TPSA) is 67.8 Å².